The molecule has 0 atom stereocenters. The van der Waals surface area contributed by atoms with Crippen molar-refractivity contribution in [2.75, 3.05) is 31.8 Å². The number of methoxy groups -OCH3 is 1. The molecule has 0 bridgehead atoms. The summed E-state index contributed by atoms with van der Waals surface area (Å²) in [6.45, 7) is 0.994. The Kier molecular flexibility index (Phi) is 6.91. The van der Waals surface area contributed by atoms with Crippen LogP contribution in [-0.4, -0.2) is 51.6 Å². The van der Waals surface area contributed by atoms with Crippen LogP contribution in [0.5, 0.6) is 5.75 Å². The molecule has 2 rings (SSSR count). The summed E-state index contributed by atoms with van der Waals surface area (Å²) in [5.41, 5.74) is -0.613. The summed E-state index contributed by atoms with van der Waals surface area (Å²) >= 11 is 0. The van der Waals surface area contributed by atoms with Crippen molar-refractivity contribution in [3.8, 4) is 5.75 Å². The molecule has 0 fully saturated rings. The molecule has 0 aliphatic heterocycles. The molecule has 0 unspecified atom stereocenters. The average Bonchev–Trinajstić information content (AvgIpc) is 2.65. The Balaban J connectivity index is 2.26. The van der Waals surface area contributed by atoms with Crippen LogP contribution in [0, 0.1) is 11.6 Å². The van der Waals surface area contributed by atoms with Gasteiger partial charge in [-0.2, -0.15) is 0 Å². The topological polar surface area (TPSA) is 92.8 Å². The largest absolute Gasteiger partial charge is 0.497 e. The Morgan fingerprint density at radius 1 is 1.17 bits per heavy atom. The Morgan fingerprint density at radius 2 is 1.86 bits per heavy atom. The number of benzene rings is 2. The molecule has 2 aromatic rings. The van der Waals surface area contributed by atoms with Crippen LogP contribution in [0.3, 0.4) is 0 Å². The van der Waals surface area contributed by atoms with Crippen molar-refractivity contribution in [2.45, 2.75) is 11.8 Å². The van der Waals surface area contributed by atoms with Crippen molar-refractivity contribution >= 4 is 27.3 Å². The Bertz CT molecular complexity index is 1040. The molecule has 10 heteroatoms. The summed E-state index contributed by atoms with van der Waals surface area (Å²) in [5.74, 6) is -3.93. The highest BCUT2D eigenvalue weighted by Crippen LogP contribution is 2.23. The second-order valence-corrected chi connectivity index (χ2v) is 8.09. The number of amides is 2. The molecule has 2 aromatic carbocycles. The molecule has 0 heterocycles. The molecule has 0 saturated heterocycles. The second kappa shape index (κ2) is 8.99. The molecule has 0 aliphatic rings. The Hall–Kier alpha value is -3.01. The van der Waals surface area contributed by atoms with Crippen LogP contribution < -0.4 is 10.1 Å². The highest BCUT2D eigenvalue weighted by molar-refractivity contribution is 7.90. The minimum atomic E-state index is -4.01. The third-order valence-electron chi connectivity index (χ3n) is 4.03. The van der Waals surface area contributed by atoms with E-state index in [0.29, 0.717) is 17.5 Å². The molecule has 0 aliphatic carbocycles. The first-order valence-electron chi connectivity index (χ1n) is 8.49. The van der Waals surface area contributed by atoms with Crippen molar-refractivity contribution in [3.63, 3.8) is 0 Å². The Labute approximate surface area is 167 Å². The van der Waals surface area contributed by atoms with Gasteiger partial charge in [-0.25, -0.2) is 17.2 Å². The number of rotatable bonds is 7. The summed E-state index contributed by atoms with van der Waals surface area (Å²) in [4.78, 5) is 25.0. The van der Waals surface area contributed by atoms with Crippen LogP contribution >= 0.6 is 0 Å². The summed E-state index contributed by atoms with van der Waals surface area (Å²) in [6, 6.07) is 7.95. The molecule has 0 spiro atoms. The zero-order valence-corrected chi connectivity index (χ0v) is 16.8. The van der Waals surface area contributed by atoms with E-state index in [9.17, 15) is 26.8 Å². The van der Waals surface area contributed by atoms with Crippen LogP contribution in [0.4, 0.5) is 14.5 Å². The number of ether oxygens (including phenoxy) is 1. The van der Waals surface area contributed by atoms with E-state index < -0.39 is 50.3 Å². The van der Waals surface area contributed by atoms with Crippen LogP contribution in [0.25, 0.3) is 0 Å². The van der Waals surface area contributed by atoms with E-state index in [0.717, 1.165) is 17.2 Å². The van der Waals surface area contributed by atoms with E-state index in [2.05, 4.69) is 5.32 Å². The lowest BCUT2D eigenvalue weighted by Gasteiger charge is -2.21. The first-order chi connectivity index (χ1) is 13.6. The van der Waals surface area contributed by atoms with Crippen molar-refractivity contribution in [3.05, 3.63) is 53.6 Å². The maximum Gasteiger partial charge on any atom is 0.260 e. The fraction of sp³-hybridized carbons (Fsp3) is 0.263. The summed E-state index contributed by atoms with van der Waals surface area (Å²) < 4.78 is 57.1. The normalized spacial score (nSPS) is 11.1. The van der Waals surface area contributed by atoms with Crippen LogP contribution in [-0.2, 0) is 14.6 Å². The first-order valence-corrected chi connectivity index (χ1v) is 10.4. The fourth-order valence-electron chi connectivity index (χ4n) is 2.58. The van der Waals surface area contributed by atoms with Gasteiger partial charge in [-0.1, -0.05) is 6.07 Å². The number of sulfone groups is 1. The van der Waals surface area contributed by atoms with Gasteiger partial charge >= 0.3 is 0 Å². The lowest BCUT2D eigenvalue weighted by atomic mass is 10.1. The van der Waals surface area contributed by atoms with Crippen LogP contribution in [0.15, 0.2) is 41.3 Å². The van der Waals surface area contributed by atoms with Gasteiger partial charge in [0.25, 0.3) is 5.91 Å². The zero-order chi connectivity index (χ0) is 21.8. The van der Waals surface area contributed by atoms with Gasteiger partial charge in [-0.05, 0) is 31.2 Å². The van der Waals surface area contributed by atoms with E-state index in [1.165, 1.54) is 14.0 Å². The predicted octanol–water partition coefficient (Wildman–Crippen LogP) is 2.48. The molecule has 0 aromatic heterocycles. The molecule has 0 radical (unpaired) electrons. The molecular formula is C19H20F2N2O5S. The monoisotopic (exact) mass is 426 g/mol. The summed E-state index contributed by atoms with van der Waals surface area (Å²) in [7, 11) is -2.55. The second-order valence-electron chi connectivity index (χ2n) is 6.11. The molecule has 1 N–H and O–H groups in total. The average molecular weight is 426 g/mol. The number of anilines is 1. The van der Waals surface area contributed by atoms with Gasteiger partial charge in [0.2, 0.25) is 5.91 Å². The highest BCUT2D eigenvalue weighted by Gasteiger charge is 2.28. The number of carbonyl (C=O) groups is 2. The fourth-order valence-corrected chi connectivity index (χ4v) is 3.32. The van der Waals surface area contributed by atoms with E-state index in [-0.39, 0.29) is 6.54 Å². The number of halogens is 2. The van der Waals surface area contributed by atoms with Crippen molar-refractivity contribution in [1.29, 1.82) is 0 Å². The smallest absolute Gasteiger partial charge is 0.260 e. The van der Waals surface area contributed by atoms with Gasteiger partial charge in [-0.15, -0.1) is 0 Å². The maximum atomic E-state index is 14.6. The molecule has 0 saturated carbocycles. The lowest BCUT2D eigenvalue weighted by Crippen LogP contribution is -2.38. The SMILES string of the molecule is CCN(CC(=O)Nc1cccc(OC)c1)C(=O)c1c(F)ccc(S(C)(=O)=O)c1F. The minimum Gasteiger partial charge on any atom is -0.497 e. The predicted molar refractivity (Wildman–Crippen MR) is 103 cm³/mol. The van der Waals surface area contributed by atoms with Crippen molar-refractivity contribution in [2.24, 2.45) is 0 Å². The maximum absolute atomic E-state index is 14.6. The van der Waals surface area contributed by atoms with Gasteiger partial charge in [0.1, 0.15) is 28.6 Å². The standard InChI is InChI=1S/C19H20F2N2O5S/c1-4-23(11-16(24)22-12-6-5-7-13(10-12)28-2)19(25)17-14(20)8-9-15(18(17)21)29(3,26)27/h5-10H,4,11H2,1-3H3,(H,22,24). The number of likely N-dealkylation sites (N-methyl/N-ethyl adjacent to an activating group) is 1. The molecule has 29 heavy (non-hydrogen) atoms. The van der Waals surface area contributed by atoms with Gasteiger partial charge in [0.05, 0.1) is 7.11 Å². The summed E-state index contributed by atoms with van der Waals surface area (Å²) in [6.07, 6.45) is 0.747. The quantitative estimate of drug-likeness (QED) is 0.687. The number of hydrogen-bond acceptors (Lipinski definition) is 5. The molecule has 156 valence electrons. The van der Waals surface area contributed by atoms with E-state index in [4.69, 9.17) is 4.74 Å². The molecule has 2 amide bonds. The van der Waals surface area contributed by atoms with Crippen LogP contribution in [0.2, 0.25) is 0 Å². The van der Waals surface area contributed by atoms with Crippen molar-refractivity contribution < 1.29 is 31.5 Å². The number of carbonyl (C=O) groups excluding carboxylic acids is 2. The zero-order valence-electron chi connectivity index (χ0n) is 16.0. The lowest BCUT2D eigenvalue weighted by molar-refractivity contribution is -0.116. The number of nitrogens with zero attached hydrogens (tertiary/aromatic N) is 1. The van der Waals surface area contributed by atoms with E-state index in [1.54, 1.807) is 24.3 Å². The Morgan fingerprint density at radius 3 is 2.45 bits per heavy atom. The van der Waals surface area contributed by atoms with Crippen LogP contribution in [0.1, 0.15) is 17.3 Å². The third kappa shape index (κ3) is 5.29. The molecular weight excluding hydrogens is 406 g/mol. The summed E-state index contributed by atoms with van der Waals surface area (Å²) in [5, 5.41) is 2.56. The first kappa shape index (κ1) is 22.3. The van der Waals surface area contributed by atoms with Gasteiger partial charge in [0, 0.05) is 24.6 Å². The van der Waals surface area contributed by atoms with E-state index >= 15 is 0 Å². The highest BCUT2D eigenvalue weighted by atomic mass is 32.2. The number of nitrogens with one attached hydrogen (secondary N) is 1. The van der Waals surface area contributed by atoms with Gasteiger partial charge < -0.3 is 15.0 Å². The third-order valence-corrected chi connectivity index (χ3v) is 5.14. The van der Waals surface area contributed by atoms with Crippen molar-refractivity contribution in [1.82, 2.24) is 4.90 Å². The minimum absolute atomic E-state index is 0.0354. The molecule has 7 nitrogen and oxygen atoms in total. The van der Waals surface area contributed by atoms with Gasteiger partial charge in [-0.3, -0.25) is 9.59 Å². The number of hydrogen-bond donors (Lipinski definition) is 1. The van der Waals surface area contributed by atoms with E-state index in [1.807, 2.05) is 0 Å². The van der Waals surface area contributed by atoms with Gasteiger partial charge in [0.15, 0.2) is 15.7 Å².